The van der Waals surface area contributed by atoms with E-state index in [4.69, 9.17) is 23.2 Å². The molecule has 2 nitrogen and oxygen atoms in total. The molecule has 1 heterocycles. The molecule has 0 N–H and O–H groups in total. The van der Waals surface area contributed by atoms with Crippen molar-refractivity contribution in [3.63, 3.8) is 0 Å². The van der Waals surface area contributed by atoms with Crippen LogP contribution in [-0.2, 0) is 5.88 Å². The summed E-state index contributed by atoms with van der Waals surface area (Å²) in [6.07, 6.45) is 0. The van der Waals surface area contributed by atoms with E-state index in [0.717, 1.165) is 11.2 Å². The molecule has 0 spiro atoms. The zero-order chi connectivity index (χ0) is 14.3. The van der Waals surface area contributed by atoms with Crippen molar-refractivity contribution in [2.24, 2.45) is 0 Å². The van der Waals surface area contributed by atoms with Gasteiger partial charge in [0.05, 0.1) is 32.1 Å². The third-order valence-corrected chi connectivity index (χ3v) is 4.15. The van der Waals surface area contributed by atoms with Crippen LogP contribution in [0.2, 0.25) is 5.02 Å². The van der Waals surface area contributed by atoms with Crippen molar-refractivity contribution < 1.29 is 4.39 Å². The normalized spacial score (nSPS) is 11.2. The molecular formula is C14H8BrCl2FN2. The fraction of sp³-hybridized carbons (Fsp3) is 0.0714. The third-order valence-electron chi connectivity index (χ3n) is 2.98. The second-order valence-corrected chi connectivity index (χ2v) is 5.73. The highest BCUT2D eigenvalue weighted by atomic mass is 79.9. The molecule has 20 heavy (non-hydrogen) atoms. The Morgan fingerprint density at radius 2 is 2.00 bits per heavy atom. The van der Waals surface area contributed by atoms with Crippen LogP contribution < -0.4 is 0 Å². The van der Waals surface area contributed by atoms with Gasteiger partial charge in [-0.15, -0.1) is 11.6 Å². The Bertz CT molecular complexity index is 801. The molecule has 0 saturated heterocycles. The van der Waals surface area contributed by atoms with Gasteiger partial charge in [0.25, 0.3) is 0 Å². The average Bonchev–Trinajstić information content (AvgIpc) is 2.77. The highest BCUT2D eigenvalue weighted by Crippen LogP contribution is 2.30. The number of halogens is 4. The predicted molar refractivity (Wildman–Crippen MR) is 83.3 cm³/mol. The van der Waals surface area contributed by atoms with Crippen molar-refractivity contribution in [3.05, 3.63) is 57.5 Å². The van der Waals surface area contributed by atoms with Gasteiger partial charge in [0.2, 0.25) is 0 Å². The monoisotopic (exact) mass is 372 g/mol. The fourth-order valence-electron chi connectivity index (χ4n) is 2.11. The lowest BCUT2D eigenvalue weighted by atomic mass is 10.2. The van der Waals surface area contributed by atoms with E-state index < -0.39 is 0 Å². The molecule has 102 valence electrons. The van der Waals surface area contributed by atoms with Crippen LogP contribution in [-0.4, -0.2) is 9.55 Å². The van der Waals surface area contributed by atoms with Gasteiger partial charge in [-0.25, -0.2) is 9.37 Å². The average molecular weight is 374 g/mol. The molecule has 0 aliphatic heterocycles. The van der Waals surface area contributed by atoms with E-state index in [1.165, 1.54) is 6.07 Å². The summed E-state index contributed by atoms with van der Waals surface area (Å²) in [4.78, 5) is 4.36. The van der Waals surface area contributed by atoms with Gasteiger partial charge in [0, 0.05) is 6.07 Å². The first-order chi connectivity index (χ1) is 9.61. The van der Waals surface area contributed by atoms with Crippen LogP contribution in [0.3, 0.4) is 0 Å². The number of imidazole rings is 1. The van der Waals surface area contributed by atoms with Crippen LogP contribution in [0.5, 0.6) is 0 Å². The molecule has 0 fully saturated rings. The van der Waals surface area contributed by atoms with Gasteiger partial charge in [-0.1, -0.05) is 23.7 Å². The predicted octanol–water partition coefficient (Wildman–Crippen LogP) is 5.32. The van der Waals surface area contributed by atoms with E-state index in [1.54, 1.807) is 12.1 Å². The van der Waals surface area contributed by atoms with Crippen molar-refractivity contribution >= 4 is 50.2 Å². The molecule has 3 rings (SSSR count). The number of para-hydroxylation sites is 1. The molecule has 0 bridgehead atoms. The second-order valence-electron chi connectivity index (χ2n) is 4.20. The van der Waals surface area contributed by atoms with Crippen LogP contribution in [0.15, 0.2) is 40.9 Å². The Kier molecular flexibility index (Phi) is 3.71. The zero-order valence-electron chi connectivity index (χ0n) is 10.1. The molecule has 0 atom stereocenters. The number of hydrogen-bond acceptors (Lipinski definition) is 1. The van der Waals surface area contributed by atoms with E-state index in [0.29, 0.717) is 20.8 Å². The largest absolute Gasteiger partial charge is 0.294 e. The van der Waals surface area contributed by atoms with Crippen molar-refractivity contribution in [1.82, 2.24) is 9.55 Å². The lowest BCUT2D eigenvalue weighted by Gasteiger charge is -2.09. The van der Waals surface area contributed by atoms with Gasteiger partial charge in [0.1, 0.15) is 11.6 Å². The topological polar surface area (TPSA) is 17.8 Å². The van der Waals surface area contributed by atoms with E-state index in [1.807, 2.05) is 22.8 Å². The smallest absolute Gasteiger partial charge is 0.139 e. The third kappa shape index (κ3) is 2.22. The van der Waals surface area contributed by atoms with E-state index in [2.05, 4.69) is 20.9 Å². The van der Waals surface area contributed by atoms with E-state index in [-0.39, 0.29) is 11.7 Å². The molecule has 0 aliphatic rings. The van der Waals surface area contributed by atoms with Crippen molar-refractivity contribution in [1.29, 1.82) is 0 Å². The molecule has 3 aromatic rings. The number of hydrogen-bond donors (Lipinski definition) is 0. The highest BCUT2D eigenvalue weighted by molar-refractivity contribution is 9.10. The SMILES string of the molecule is Fc1cc2nc(CCl)n(-c3ccccc3Cl)c2cc1Br. The first-order valence-corrected chi connectivity index (χ1v) is 7.49. The lowest BCUT2D eigenvalue weighted by Crippen LogP contribution is -2.00. The number of benzene rings is 2. The second kappa shape index (κ2) is 5.35. The van der Waals surface area contributed by atoms with Gasteiger partial charge < -0.3 is 0 Å². The maximum Gasteiger partial charge on any atom is 0.139 e. The molecule has 0 unspecified atom stereocenters. The molecular weight excluding hydrogens is 366 g/mol. The Morgan fingerprint density at radius 1 is 1.25 bits per heavy atom. The van der Waals surface area contributed by atoms with Gasteiger partial charge in [-0.3, -0.25) is 4.57 Å². The van der Waals surface area contributed by atoms with Crippen LogP contribution in [0, 0.1) is 5.82 Å². The van der Waals surface area contributed by atoms with E-state index >= 15 is 0 Å². The van der Waals surface area contributed by atoms with Crippen LogP contribution >= 0.6 is 39.1 Å². The number of fused-ring (bicyclic) bond motifs is 1. The summed E-state index contributed by atoms with van der Waals surface area (Å²) in [6, 6.07) is 10.4. The maximum absolute atomic E-state index is 13.6. The Hall–Kier alpha value is -1.10. The maximum atomic E-state index is 13.6. The van der Waals surface area contributed by atoms with E-state index in [9.17, 15) is 4.39 Å². The Labute approximate surface area is 133 Å². The Balaban J connectivity index is 2.39. The van der Waals surface area contributed by atoms with Gasteiger partial charge in [-0.05, 0) is 34.1 Å². The molecule has 2 aromatic carbocycles. The van der Waals surface area contributed by atoms with Crippen LogP contribution in [0.1, 0.15) is 5.82 Å². The first kappa shape index (κ1) is 13.9. The number of nitrogens with zero attached hydrogens (tertiary/aromatic N) is 2. The quantitative estimate of drug-likeness (QED) is 0.556. The summed E-state index contributed by atoms with van der Waals surface area (Å²) in [7, 11) is 0. The minimum atomic E-state index is -0.359. The Morgan fingerprint density at radius 3 is 2.70 bits per heavy atom. The highest BCUT2D eigenvalue weighted by Gasteiger charge is 2.15. The van der Waals surface area contributed by atoms with Crippen molar-refractivity contribution in [2.45, 2.75) is 5.88 Å². The molecule has 6 heteroatoms. The standard InChI is InChI=1S/C14H8BrCl2FN2/c15-8-5-13-11(6-10(8)18)19-14(7-16)20(13)12-4-2-1-3-9(12)17/h1-6H,7H2. The number of aromatic nitrogens is 2. The molecule has 0 radical (unpaired) electrons. The summed E-state index contributed by atoms with van der Waals surface area (Å²) in [6.45, 7) is 0. The zero-order valence-corrected chi connectivity index (χ0v) is 13.2. The number of alkyl halides is 1. The summed E-state index contributed by atoms with van der Waals surface area (Å²) >= 11 is 15.4. The lowest BCUT2D eigenvalue weighted by molar-refractivity contribution is 0.623. The van der Waals surface area contributed by atoms with Crippen LogP contribution in [0.25, 0.3) is 16.7 Å². The molecule has 0 amide bonds. The summed E-state index contributed by atoms with van der Waals surface area (Å²) in [5.41, 5.74) is 2.06. The minimum absolute atomic E-state index is 0.207. The van der Waals surface area contributed by atoms with Gasteiger partial charge in [-0.2, -0.15) is 0 Å². The first-order valence-electron chi connectivity index (χ1n) is 5.79. The van der Waals surface area contributed by atoms with Gasteiger partial charge >= 0.3 is 0 Å². The minimum Gasteiger partial charge on any atom is -0.294 e. The summed E-state index contributed by atoms with van der Waals surface area (Å²) in [5, 5.41) is 0.582. The molecule has 1 aromatic heterocycles. The van der Waals surface area contributed by atoms with Crippen molar-refractivity contribution in [3.8, 4) is 5.69 Å². The van der Waals surface area contributed by atoms with Gasteiger partial charge in [0.15, 0.2) is 0 Å². The molecule has 0 saturated carbocycles. The fourth-order valence-corrected chi connectivity index (χ4v) is 2.84. The van der Waals surface area contributed by atoms with Crippen molar-refractivity contribution in [2.75, 3.05) is 0 Å². The summed E-state index contributed by atoms with van der Waals surface area (Å²) in [5.74, 6) is 0.466. The number of rotatable bonds is 2. The summed E-state index contributed by atoms with van der Waals surface area (Å²) < 4.78 is 15.8. The van der Waals surface area contributed by atoms with Crippen LogP contribution in [0.4, 0.5) is 4.39 Å². The molecule has 0 aliphatic carbocycles.